The van der Waals surface area contributed by atoms with Gasteiger partial charge in [-0.15, -0.1) is 5.10 Å². The van der Waals surface area contributed by atoms with E-state index in [4.69, 9.17) is 5.73 Å². The molecule has 0 aliphatic heterocycles. The number of nitrogens with two attached hydrogens (primary N) is 1. The molecule has 4 aliphatic carbocycles. The normalized spacial score (nSPS) is 39.0. The van der Waals surface area contributed by atoms with Crippen molar-refractivity contribution in [1.29, 1.82) is 0 Å². The zero-order valence-electron chi connectivity index (χ0n) is 12.3. The van der Waals surface area contributed by atoms with Gasteiger partial charge in [0.25, 0.3) is 0 Å². The lowest BCUT2D eigenvalue weighted by atomic mass is 9.49. The molecule has 0 saturated heterocycles. The van der Waals surface area contributed by atoms with Crippen molar-refractivity contribution in [3.05, 3.63) is 17.5 Å². The number of hydrogen-bond acceptors (Lipinski definition) is 3. The van der Waals surface area contributed by atoms with Gasteiger partial charge >= 0.3 is 0 Å². The Morgan fingerprint density at radius 1 is 1.20 bits per heavy atom. The van der Waals surface area contributed by atoms with E-state index in [-0.39, 0.29) is 0 Å². The Balaban J connectivity index is 1.62. The van der Waals surface area contributed by atoms with E-state index in [2.05, 4.69) is 22.5 Å². The third kappa shape index (κ3) is 1.93. The first kappa shape index (κ1) is 12.6. The molecule has 4 saturated carbocycles. The predicted octanol–water partition coefficient (Wildman–Crippen LogP) is 2.50. The van der Waals surface area contributed by atoms with Gasteiger partial charge in [0.2, 0.25) is 0 Å². The van der Waals surface area contributed by atoms with E-state index < -0.39 is 0 Å². The van der Waals surface area contributed by atoms with Gasteiger partial charge in [0.1, 0.15) is 5.69 Å². The molecule has 0 unspecified atom stereocenters. The number of rotatable bonds is 3. The van der Waals surface area contributed by atoms with Crippen LogP contribution in [0.2, 0.25) is 0 Å². The van der Waals surface area contributed by atoms with Gasteiger partial charge in [-0.3, -0.25) is 0 Å². The smallest absolute Gasteiger partial charge is 0.104 e. The van der Waals surface area contributed by atoms with Crippen LogP contribution in [0.25, 0.3) is 6.08 Å². The molecule has 5 rings (SSSR count). The zero-order valence-corrected chi connectivity index (χ0v) is 12.3. The molecule has 0 amide bonds. The van der Waals surface area contributed by atoms with Gasteiger partial charge in [-0.25, -0.2) is 4.68 Å². The van der Waals surface area contributed by atoms with Gasteiger partial charge in [-0.2, -0.15) is 0 Å². The summed E-state index contributed by atoms with van der Waals surface area (Å²) in [7, 11) is 1.95. The van der Waals surface area contributed by atoms with Crippen LogP contribution in [0.5, 0.6) is 0 Å². The third-order valence-corrected chi connectivity index (χ3v) is 5.82. The summed E-state index contributed by atoms with van der Waals surface area (Å²) in [5, 5.41) is 8.22. The minimum Gasteiger partial charge on any atom is -0.325 e. The average molecular weight is 272 g/mol. The van der Waals surface area contributed by atoms with Crippen molar-refractivity contribution in [1.82, 2.24) is 15.0 Å². The maximum atomic E-state index is 5.75. The molecule has 0 atom stereocenters. The van der Waals surface area contributed by atoms with E-state index in [1.807, 2.05) is 11.7 Å². The van der Waals surface area contributed by atoms with E-state index in [0.717, 1.165) is 29.1 Å². The van der Waals surface area contributed by atoms with Crippen molar-refractivity contribution in [3.8, 4) is 0 Å². The fourth-order valence-corrected chi connectivity index (χ4v) is 5.39. The standard InChI is InChI=1S/C16H24N4/c1-20-15(14(10-17)18-19-20)2-3-16-7-11-4-12(8-16)6-13(5-11)9-16/h2-3,11-13H,4-10,17H2,1H3/b3-2+. The van der Waals surface area contributed by atoms with Crippen LogP contribution < -0.4 is 5.73 Å². The molecule has 1 aromatic rings. The third-order valence-electron chi connectivity index (χ3n) is 5.82. The molecule has 4 nitrogen and oxygen atoms in total. The Kier molecular flexibility index (Phi) is 2.78. The molecule has 20 heavy (non-hydrogen) atoms. The van der Waals surface area contributed by atoms with Crippen molar-refractivity contribution in [2.45, 2.75) is 45.1 Å². The van der Waals surface area contributed by atoms with Gasteiger partial charge < -0.3 is 5.73 Å². The molecule has 1 heterocycles. The highest BCUT2D eigenvalue weighted by Gasteiger charge is 2.49. The van der Waals surface area contributed by atoms with E-state index in [1.54, 1.807) is 0 Å². The first-order valence-corrected chi connectivity index (χ1v) is 7.95. The number of aryl methyl sites for hydroxylation is 1. The topological polar surface area (TPSA) is 56.7 Å². The first-order chi connectivity index (χ1) is 9.67. The molecule has 2 N–H and O–H groups in total. The molecule has 4 bridgehead atoms. The Morgan fingerprint density at radius 2 is 1.80 bits per heavy atom. The van der Waals surface area contributed by atoms with E-state index in [9.17, 15) is 0 Å². The van der Waals surface area contributed by atoms with Crippen molar-refractivity contribution < 1.29 is 0 Å². The Labute approximate surface area is 120 Å². The monoisotopic (exact) mass is 272 g/mol. The van der Waals surface area contributed by atoms with Crippen LogP contribution in [-0.2, 0) is 13.6 Å². The number of aromatic nitrogens is 3. The van der Waals surface area contributed by atoms with E-state index >= 15 is 0 Å². The van der Waals surface area contributed by atoms with Crippen LogP contribution in [0.3, 0.4) is 0 Å². The Hall–Kier alpha value is -1.16. The first-order valence-electron chi connectivity index (χ1n) is 7.95. The summed E-state index contributed by atoms with van der Waals surface area (Å²) in [4.78, 5) is 0. The summed E-state index contributed by atoms with van der Waals surface area (Å²) in [6.45, 7) is 0.467. The molecule has 0 radical (unpaired) electrons. The lowest BCUT2D eigenvalue weighted by Crippen LogP contribution is -2.44. The largest absolute Gasteiger partial charge is 0.325 e. The van der Waals surface area contributed by atoms with Crippen LogP contribution in [0.15, 0.2) is 6.08 Å². The minimum absolute atomic E-state index is 0.463. The summed E-state index contributed by atoms with van der Waals surface area (Å²) in [5.41, 5.74) is 8.21. The zero-order chi connectivity index (χ0) is 13.7. The second-order valence-electron chi connectivity index (χ2n) is 7.36. The highest BCUT2D eigenvalue weighted by Crippen LogP contribution is 2.60. The van der Waals surface area contributed by atoms with Crippen molar-refractivity contribution in [2.24, 2.45) is 36.0 Å². The summed E-state index contributed by atoms with van der Waals surface area (Å²) in [6, 6.07) is 0. The fraction of sp³-hybridized carbons (Fsp3) is 0.750. The maximum absolute atomic E-state index is 5.75. The maximum Gasteiger partial charge on any atom is 0.104 e. The lowest BCUT2D eigenvalue weighted by Gasteiger charge is -2.55. The number of allylic oxidation sites excluding steroid dienone is 1. The summed E-state index contributed by atoms with van der Waals surface area (Å²) < 4.78 is 1.85. The quantitative estimate of drug-likeness (QED) is 0.919. The van der Waals surface area contributed by atoms with Crippen molar-refractivity contribution >= 4 is 6.08 Å². The highest BCUT2D eigenvalue weighted by molar-refractivity contribution is 5.48. The van der Waals surface area contributed by atoms with Crippen molar-refractivity contribution in [2.75, 3.05) is 0 Å². The Morgan fingerprint density at radius 3 is 2.35 bits per heavy atom. The predicted molar refractivity (Wildman–Crippen MR) is 78.5 cm³/mol. The van der Waals surface area contributed by atoms with Crippen molar-refractivity contribution in [3.63, 3.8) is 0 Å². The molecular weight excluding hydrogens is 248 g/mol. The van der Waals surface area contributed by atoms with Gasteiger partial charge in [-0.05, 0) is 67.8 Å². The minimum atomic E-state index is 0.463. The van der Waals surface area contributed by atoms with Gasteiger partial charge in [0.05, 0.1) is 5.69 Å². The van der Waals surface area contributed by atoms with E-state index in [1.165, 1.54) is 38.5 Å². The van der Waals surface area contributed by atoms with E-state index in [0.29, 0.717) is 12.0 Å². The van der Waals surface area contributed by atoms with Crippen LogP contribution in [0, 0.1) is 23.2 Å². The summed E-state index contributed by atoms with van der Waals surface area (Å²) in [6.07, 6.45) is 13.4. The molecule has 4 fully saturated rings. The Bertz CT molecular complexity index is 507. The molecule has 0 spiro atoms. The number of nitrogens with zero attached hydrogens (tertiary/aromatic N) is 3. The van der Waals surface area contributed by atoms with Gasteiger partial charge in [0, 0.05) is 13.6 Å². The van der Waals surface area contributed by atoms with Gasteiger partial charge in [0.15, 0.2) is 0 Å². The number of hydrogen-bond donors (Lipinski definition) is 1. The van der Waals surface area contributed by atoms with Crippen LogP contribution in [-0.4, -0.2) is 15.0 Å². The molecule has 1 aromatic heterocycles. The van der Waals surface area contributed by atoms with Gasteiger partial charge in [-0.1, -0.05) is 11.3 Å². The van der Waals surface area contributed by atoms with Crippen LogP contribution in [0.1, 0.15) is 49.9 Å². The second kappa shape index (κ2) is 4.42. The molecule has 4 aliphatic rings. The second-order valence-corrected chi connectivity index (χ2v) is 7.36. The summed E-state index contributed by atoms with van der Waals surface area (Å²) >= 11 is 0. The lowest BCUT2D eigenvalue weighted by molar-refractivity contribution is -0.0233. The molecule has 108 valence electrons. The highest BCUT2D eigenvalue weighted by atomic mass is 15.4. The SMILES string of the molecule is Cn1nnc(CN)c1/C=C/C12CC3CC(CC(C3)C1)C2. The van der Waals surface area contributed by atoms with Crippen LogP contribution in [0.4, 0.5) is 0 Å². The summed E-state index contributed by atoms with van der Waals surface area (Å²) in [5.74, 6) is 2.97. The molecule has 4 heteroatoms. The average Bonchev–Trinajstić information content (AvgIpc) is 2.75. The van der Waals surface area contributed by atoms with Crippen LogP contribution >= 0.6 is 0 Å². The molecular formula is C16H24N4. The molecule has 0 aromatic carbocycles. The fourth-order valence-electron chi connectivity index (χ4n) is 5.39.